The number of morpholine rings is 1. The second-order valence-electron chi connectivity index (χ2n) is 2.32. The van der Waals surface area contributed by atoms with E-state index in [4.69, 9.17) is 4.74 Å². The molecule has 0 saturated carbocycles. The van der Waals surface area contributed by atoms with Crippen LogP contribution in [0.15, 0.2) is 0 Å². The molecular weight excluding hydrogens is 102 g/mol. The van der Waals surface area contributed by atoms with E-state index in [0.717, 1.165) is 13.2 Å². The lowest BCUT2D eigenvalue weighted by Crippen LogP contribution is -2.44. The van der Waals surface area contributed by atoms with Crippen molar-refractivity contribution in [3.05, 3.63) is 0 Å². The van der Waals surface area contributed by atoms with E-state index in [-0.39, 0.29) is 0 Å². The normalized spacial score (nSPS) is 39.8. The fraction of sp³-hybridized carbons (Fsp3) is 1.00. The van der Waals surface area contributed by atoms with Gasteiger partial charge in [-0.15, -0.1) is 0 Å². The molecule has 1 heterocycles. The molecule has 1 aliphatic rings. The number of rotatable bonds is 0. The first-order chi connectivity index (χ1) is 3.80. The highest BCUT2D eigenvalue weighted by Crippen LogP contribution is 2.00. The topological polar surface area (TPSA) is 21.3 Å². The molecule has 48 valence electrons. The molecule has 2 atom stereocenters. The molecule has 0 amide bonds. The van der Waals surface area contributed by atoms with Crippen molar-refractivity contribution >= 4 is 0 Å². The lowest BCUT2D eigenvalue weighted by atomic mass is 10.2. The Morgan fingerprint density at radius 1 is 1.50 bits per heavy atom. The van der Waals surface area contributed by atoms with Gasteiger partial charge < -0.3 is 10.1 Å². The summed E-state index contributed by atoms with van der Waals surface area (Å²) in [4.78, 5) is 0. The molecule has 0 aliphatic carbocycles. The van der Waals surface area contributed by atoms with Crippen LogP contribution in [0.5, 0.6) is 0 Å². The van der Waals surface area contributed by atoms with Crippen molar-refractivity contribution in [2.75, 3.05) is 13.2 Å². The molecule has 0 radical (unpaired) electrons. The van der Waals surface area contributed by atoms with Crippen LogP contribution in [-0.4, -0.2) is 25.3 Å². The van der Waals surface area contributed by atoms with Gasteiger partial charge in [0, 0.05) is 12.6 Å². The zero-order valence-corrected chi connectivity index (χ0v) is 5.48. The highest BCUT2D eigenvalue weighted by molar-refractivity contribution is 4.71. The van der Waals surface area contributed by atoms with Gasteiger partial charge in [-0.2, -0.15) is 0 Å². The van der Waals surface area contributed by atoms with Crippen LogP contribution in [0, 0.1) is 0 Å². The van der Waals surface area contributed by atoms with E-state index in [0.29, 0.717) is 12.1 Å². The van der Waals surface area contributed by atoms with Gasteiger partial charge in [0.1, 0.15) is 0 Å². The fourth-order valence-electron chi connectivity index (χ4n) is 0.842. The van der Waals surface area contributed by atoms with E-state index in [1.807, 2.05) is 0 Å². The second kappa shape index (κ2) is 2.46. The minimum absolute atomic E-state index is 0.392. The van der Waals surface area contributed by atoms with Crippen LogP contribution in [0.1, 0.15) is 13.8 Å². The maximum atomic E-state index is 5.33. The zero-order valence-electron chi connectivity index (χ0n) is 5.48. The molecule has 0 bridgehead atoms. The summed E-state index contributed by atoms with van der Waals surface area (Å²) in [5.41, 5.74) is 0. The average Bonchev–Trinajstić information content (AvgIpc) is 1.77. The molecular formula is C6H13NO. The zero-order chi connectivity index (χ0) is 5.98. The van der Waals surface area contributed by atoms with Gasteiger partial charge in [-0.1, -0.05) is 0 Å². The third-order valence-electron chi connectivity index (χ3n) is 1.65. The van der Waals surface area contributed by atoms with Gasteiger partial charge in [0.05, 0.1) is 12.7 Å². The maximum Gasteiger partial charge on any atom is 0.0697 e. The molecule has 0 aromatic rings. The lowest BCUT2D eigenvalue weighted by Gasteiger charge is -2.26. The Balaban J connectivity index is 2.28. The first-order valence-corrected chi connectivity index (χ1v) is 3.15. The maximum absolute atomic E-state index is 5.33. The molecule has 1 rings (SSSR count). The van der Waals surface area contributed by atoms with Gasteiger partial charge in [-0.25, -0.2) is 0 Å². The van der Waals surface area contributed by atoms with Crippen LogP contribution in [0.4, 0.5) is 0 Å². The highest BCUT2D eigenvalue weighted by Gasteiger charge is 2.15. The fourth-order valence-corrected chi connectivity index (χ4v) is 0.842. The van der Waals surface area contributed by atoms with Crippen LogP contribution in [0.25, 0.3) is 0 Å². The molecule has 0 aromatic carbocycles. The van der Waals surface area contributed by atoms with E-state index in [1.54, 1.807) is 0 Å². The number of hydrogen-bond donors (Lipinski definition) is 1. The van der Waals surface area contributed by atoms with E-state index >= 15 is 0 Å². The van der Waals surface area contributed by atoms with Gasteiger partial charge in [0.2, 0.25) is 0 Å². The molecule has 2 nitrogen and oxygen atoms in total. The first kappa shape index (κ1) is 6.05. The van der Waals surface area contributed by atoms with Crippen molar-refractivity contribution in [1.29, 1.82) is 0 Å². The Hall–Kier alpha value is -0.0800. The largest absolute Gasteiger partial charge is 0.376 e. The quantitative estimate of drug-likeness (QED) is 0.493. The van der Waals surface area contributed by atoms with Crippen molar-refractivity contribution in [1.82, 2.24) is 5.32 Å². The minimum atomic E-state index is 0.392. The van der Waals surface area contributed by atoms with Crippen LogP contribution < -0.4 is 5.32 Å². The second-order valence-corrected chi connectivity index (χ2v) is 2.32. The van der Waals surface area contributed by atoms with Crippen molar-refractivity contribution in [3.63, 3.8) is 0 Å². The summed E-state index contributed by atoms with van der Waals surface area (Å²) in [6.45, 7) is 6.11. The van der Waals surface area contributed by atoms with Gasteiger partial charge in [0.15, 0.2) is 0 Å². The standard InChI is InChI=1S/C6H13NO/c1-5-6(2)8-4-3-7-5/h5-7H,3-4H2,1-2H3/t5?,6-/m0/s1. The van der Waals surface area contributed by atoms with Gasteiger partial charge in [0.25, 0.3) is 0 Å². The first-order valence-electron chi connectivity index (χ1n) is 3.15. The molecule has 1 aliphatic heterocycles. The number of nitrogens with one attached hydrogen (secondary N) is 1. The molecule has 0 spiro atoms. The summed E-state index contributed by atoms with van der Waals surface area (Å²) < 4.78 is 5.33. The van der Waals surface area contributed by atoms with Gasteiger partial charge >= 0.3 is 0 Å². The SMILES string of the molecule is CC1NCCO[C@H]1C. The van der Waals surface area contributed by atoms with E-state index < -0.39 is 0 Å². The number of ether oxygens (including phenoxy) is 1. The summed E-state index contributed by atoms with van der Waals surface area (Å²) in [7, 11) is 0. The van der Waals surface area contributed by atoms with Crippen molar-refractivity contribution in [3.8, 4) is 0 Å². The van der Waals surface area contributed by atoms with Crippen molar-refractivity contribution in [2.24, 2.45) is 0 Å². The molecule has 1 unspecified atom stereocenters. The van der Waals surface area contributed by atoms with Crippen LogP contribution >= 0.6 is 0 Å². The Morgan fingerprint density at radius 2 is 2.25 bits per heavy atom. The summed E-state index contributed by atoms with van der Waals surface area (Å²) in [6.07, 6.45) is 0.392. The Morgan fingerprint density at radius 3 is 2.62 bits per heavy atom. The lowest BCUT2D eigenvalue weighted by molar-refractivity contribution is 0.0135. The molecule has 2 heteroatoms. The summed E-state index contributed by atoms with van der Waals surface area (Å²) in [5, 5.41) is 3.31. The summed E-state index contributed by atoms with van der Waals surface area (Å²) in [5.74, 6) is 0. The summed E-state index contributed by atoms with van der Waals surface area (Å²) in [6, 6.07) is 0.531. The molecule has 0 aromatic heterocycles. The monoisotopic (exact) mass is 115 g/mol. The van der Waals surface area contributed by atoms with Crippen LogP contribution in [0.2, 0.25) is 0 Å². The average molecular weight is 115 g/mol. The van der Waals surface area contributed by atoms with Crippen LogP contribution in [-0.2, 0) is 4.74 Å². The Kier molecular flexibility index (Phi) is 1.86. The van der Waals surface area contributed by atoms with Gasteiger partial charge in [-0.3, -0.25) is 0 Å². The van der Waals surface area contributed by atoms with E-state index in [1.165, 1.54) is 0 Å². The third kappa shape index (κ3) is 1.20. The minimum Gasteiger partial charge on any atom is -0.376 e. The number of hydrogen-bond acceptors (Lipinski definition) is 2. The Bertz CT molecular complexity index is 64.9. The Labute approximate surface area is 50.2 Å². The smallest absolute Gasteiger partial charge is 0.0697 e. The van der Waals surface area contributed by atoms with Crippen molar-refractivity contribution < 1.29 is 4.74 Å². The third-order valence-corrected chi connectivity index (χ3v) is 1.65. The summed E-state index contributed by atoms with van der Waals surface area (Å²) >= 11 is 0. The molecule has 1 saturated heterocycles. The highest BCUT2D eigenvalue weighted by atomic mass is 16.5. The molecule has 1 N–H and O–H groups in total. The predicted octanol–water partition coefficient (Wildman–Crippen LogP) is 0.383. The van der Waals surface area contributed by atoms with Crippen LogP contribution in [0.3, 0.4) is 0 Å². The van der Waals surface area contributed by atoms with Crippen molar-refractivity contribution in [2.45, 2.75) is 26.0 Å². The predicted molar refractivity (Wildman–Crippen MR) is 32.9 cm³/mol. The molecule has 1 fully saturated rings. The van der Waals surface area contributed by atoms with E-state index in [2.05, 4.69) is 19.2 Å². The van der Waals surface area contributed by atoms with E-state index in [9.17, 15) is 0 Å². The van der Waals surface area contributed by atoms with Gasteiger partial charge in [-0.05, 0) is 13.8 Å². The molecule has 8 heavy (non-hydrogen) atoms.